The molecular weight excluding hydrogens is 346 g/mol. The van der Waals surface area contributed by atoms with Crippen LogP contribution in [0.15, 0.2) is 41.5 Å². The fourth-order valence-corrected chi connectivity index (χ4v) is 2.73. The molecule has 0 amide bonds. The van der Waals surface area contributed by atoms with Crippen molar-refractivity contribution < 1.29 is 9.47 Å². The molecule has 0 unspecified atom stereocenters. The van der Waals surface area contributed by atoms with Gasteiger partial charge in [-0.05, 0) is 62.3 Å². The SMILES string of the molecule is COc1ccc(C/C(C)=N\NC(=S)Nc2ccc(C)cc2C)cc1OC. The molecule has 0 saturated heterocycles. The minimum atomic E-state index is 0.462. The average Bonchev–Trinajstić information content (AvgIpc) is 2.62. The summed E-state index contributed by atoms with van der Waals surface area (Å²) in [4.78, 5) is 0. The highest BCUT2D eigenvalue weighted by molar-refractivity contribution is 7.80. The van der Waals surface area contributed by atoms with Crippen molar-refractivity contribution in [2.75, 3.05) is 19.5 Å². The van der Waals surface area contributed by atoms with Gasteiger partial charge in [-0.2, -0.15) is 5.10 Å². The molecule has 0 fully saturated rings. The second-order valence-electron chi connectivity index (χ2n) is 6.10. The van der Waals surface area contributed by atoms with Gasteiger partial charge in [0.1, 0.15) is 0 Å². The van der Waals surface area contributed by atoms with Crippen molar-refractivity contribution in [2.24, 2.45) is 5.10 Å². The Hall–Kier alpha value is -2.60. The van der Waals surface area contributed by atoms with Crippen LogP contribution in [0, 0.1) is 13.8 Å². The van der Waals surface area contributed by atoms with Gasteiger partial charge < -0.3 is 14.8 Å². The molecule has 2 aromatic carbocycles. The number of nitrogens with zero attached hydrogens (tertiary/aromatic N) is 1. The number of thiocarbonyl (C=S) groups is 1. The van der Waals surface area contributed by atoms with Crippen molar-refractivity contribution >= 4 is 28.7 Å². The highest BCUT2D eigenvalue weighted by atomic mass is 32.1. The van der Waals surface area contributed by atoms with Gasteiger partial charge in [-0.1, -0.05) is 23.8 Å². The van der Waals surface area contributed by atoms with Crippen LogP contribution in [0.1, 0.15) is 23.6 Å². The summed E-state index contributed by atoms with van der Waals surface area (Å²) in [6.45, 7) is 6.06. The van der Waals surface area contributed by atoms with E-state index in [2.05, 4.69) is 28.8 Å². The molecule has 0 radical (unpaired) electrons. The fourth-order valence-electron chi connectivity index (χ4n) is 2.58. The molecule has 0 aliphatic carbocycles. The van der Waals surface area contributed by atoms with Crippen LogP contribution < -0.4 is 20.2 Å². The second kappa shape index (κ2) is 9.20. The zero-order chi connectivity index (χ0) is 19.1. The van der Waals surface area contributed by atoms with Crippen LogP contribution in [-0.4, -0.2) is 25.0 Å². The van der Waals surface area contributed by atoms with Gasteiger partial charge in [-0.25, -0.2) is 0 Å². The summed E-state index contributed by atoms with van der Waals surface area (Å²) in [5.41, 5.74) is 8.21. The number of ether oxygens (including phenoxy) is 2. The van der Waals surface area contributed by atoms with E-state index in [1.165, 1.54) is 5.56 Å². The Labute approximate surface area is 160 Å². The van der Waals surface area contributed by atoms with Gasteiger partial charge in [0.25, 0.3) is 0 Å². The maximum absolute atomic E-state index is 5.33. The van der Waals surface area contributed by atoms with E-state index < -0.39 is 0 Å². The second-order valence-corrected chi connectivity index (χ2v) is 6.51. The molecular formula is C20H25N3O2S. The lowest BCUT2D eigenvalue weighted by Crippen LogP contribution is -2.25. The van der Waals surface area contributed by atoms with Crippen LogP contribution in [0.3, 0.4) is 0 Å². The number of nitrogens with one attached hydrogen (secondary N) is 2. The van der Waals surface area contributed by atoms with Crippen molar-refractivity contribution in [1.29, 1.82) is 0 Å². The van der Waals surface area contributed by atoms with Crippen molar-refractivity contribution in [3.05, 3.63) is 53.1 Å². The molecule has 0 aliphatic heterocycles. The van der Waals surface area contributed by atoms with E-state index in [9.17, 15) is 0 Å². The average molecular weight is 372 g/mol. The van der Waals surface area contributed by atoms with Crippen molar-refractivity contribution in [3.63, 3.8) is 0 Å². The number of rotatable bonds is 6. The first-order chi connectivity index (χ1) is 12.4. The molecule has 26 heavy (non-hydrogen) atoms. The Balaban J connectivity index is 1.96. The summed E-state index contributed by atoms with van der Waals surface area (Å²) in [5.74, 6) is 1.42. The van der Waals surface area contributed by atoms with Gasteiger partial charge in [0.15, 0.2) is 16.6 Å². The van der Waals surface area contributed by atoms with Crippen molar-refractivity contribution in [1.82, 2.24) is 5.43 Å². The number of benzene rings is 2. The number of hydrazone groups is 1. The highest BCUT2D eigenvalue weighted by Gasteiger charge is 2.06. The van der Waals surface area contributed by atoms with Gasteiger partial charge in [-0.3, -0.25) is 5.43 Å². The predicted molar refractivity (Wildman–Crippen MR) is 112 cm³/mol. The minimum absolute atomic E-state index is 0.462. The lowest BCUT2D eigenvalue weighted by atomic mass is 10.1. The van der Waals surface area contributed by atoms with Gasteiger partial charge in [0, 0.05) is 17.8 Å². The van der Waals surface area contributed by atoms with E-state index in [4.69, 9.17) is 21.7 Å². The van der Waals surface area contributed by atoms with Crippen LogP contribution in [0.25, 0.3) is 0 Å². The molecule has 0 bridgehead atoms. The van der Waals surface area contributed by atoms with Crippen LogP contribution in [-0.2, 0) is 6.42 Å². The molecule has 2 N–H and O–H groups in total. The Kier molecular flexibility index (Phi) is 6.97. The number of aryl methyl sites for hydroxylation is 2. The smallest absolute Gasteiger partial charge is 0.191 e. The van der Waals surface area contributed by atoms with Gasteiger partial charge >= 0.3 is 0 Å². The van der Waals surface area contributed by atoms with E-state index >= 15 is 0 Å². The molecule has 0 aliphatic rings. The molecule has 6 heteroatoms. The Morgan fingerprint density at radius 2 is 1.77 bits per heavy atom. The van der Waals surface area contributed by atoms with Crippen molar-refractivity contribution in [2.45, 2.75) is 27.2 Å². The first kappa shape index (κ1) is 19.7. The van der Waals surface area contributed by atoms with E-state index in [-0.39, 0.29) is 0 Å². The monoisotopic (exact) mass is 371 g/mol. The molecule has 5 nitrogen and oxygen atoms in total. The summed E-state index contributed by atoms with van der Waals surface area (Å²) < 4.78 is 10.6. The third-order valence-corrected chi connectivity index (χ3v) is 4.08. The third kappa shape index (κ3) is 5.46. The van der Waals surface area contributed by atoms with Crippen LogP contribution in [0.5, 0.6) is 11.5 Å². The third-order valence-electron chi connectivity index (χ3n) is 3.89. The minimum Gasteiger partial charge on any atom is -0.493 e. The van der Waals surface area contributed by atoms with E-state index in [0.717, 1.165) is 22.5 Å². The lowest BCUT2D eigenvalue weighted by molar-refractivity contribution is 0.354. The van der Waals surface area contributed by atoms with Crippen LogP contribution >= 0.6 is 12.2 Å². The largest absolute Gasteiger partial charge is 0.493 e. The molecule has 138 valence electrons. The summed E-state index contributed by atoms with van der Waals surface area (Å²) in [7, 11) is 3.25. The Morgan fingerprint density at radius 3 is 2.42 bits per heavy atom. The van der Waals surface area contributed by atoms with Gasteiger partial charge in [0.2, 0.25) is 0 Å². The zero-order valence-corrected chi connectivity index (χ0v) is 16.7. The molecule has 2 aromatic rings. The maximum Gasteiger partial charge on any atom is 0.191 e. The number of hydrogen-bond acceptors (Lipinski definition) is 4. The van der Waals surface area contributed by atoms with Crippen LogP contribution in [0.2, 0.25) is 0 Å². The molecule has 0 aromatic heterocycles. The molecule has 2 rings (SSSR count). The predicted octanol–water partition coefficient (Wildman–Crippen LogP) is 4.23. The fraction of sp³-hybridized carbons (Fsp3) is 0.300. The van der Waals surface area contributed by atoms with E-state index in [0.29, 0.717) is 23.0 Å². The molecule has 0 spiro atoms. The quantitative estimate of drug-likeness (QED) is 0.452. The summed E-state index contributed by atoms with van der Waals surface area (Å²) in [6, 6.07) is 12.0. The molecule has 0 atom stereocenters. The van der Waals surface area contributed by atoms with E-state index in [1.54, 1.807) is 14.2 Å². The normalized spacial score (nSPS) is 11.0. The molecule has 0 saturated carbocycles. The molecule has 0 heterocycles. The standard InChI is InChI=1S/C20H25N3O2S/c1-13-6-8-17(14(2)10-13)21-20(26)23-22-15(3)11-16-7-9-18(24-4)19(12-16)25-5/h6-10,12H,11H2,1-5H3,(H2,21,23,26)/b22-15-. The zero-order valence-electron chi connectivity index (χ0n) is 15.8. The highest BCUT2D eigenvalue weighted by Crippen LogP contribution is 2.27. The first-order valence-electron chi connectivity index (χ1n) is 8.31. The summed E-state index contributed by atoms with van der Waals surface area (Å²) in [5, 5.41) is 7.98. The maximum atomic E-state index is 5.33. The number of anilines is 1. The Morgan fingerprint density at radius 1 is 1.04 bits per heavy atom. The lowest BCUT2D eigenvalue weighted by Gasteiger charge is -2.12. The first-order valence-corrected chi connectivity index (χ1v) is 8.72. The Bertz CT molecular complexity index is 819. The van der Waals surface area contributed by atoms with Gasteiger partial charge in [0.05, 0.1) is 14.2 Å². The topological polar surface area (TPSA) is 54.9 Å². The number of hydrogen-bond donors (Lipinski definition) is 2. The van der Waals surface area contributed by atoms with Crippen LogP contribution in [0.4, 0.5) is 5.69 Å². The van der Waals surface area contributed by atoms with Gasteiger partial charge in [-0.15, -0.1) is 0 Å². The van der Waals surface area contributed by atoms with E-state index in [1.807, 2.05) is 44.2 Å². The van der Waals surface area contributed by atoms with Crippen molar-refractivity contribution in [3.8, 4) is 11.5 Å². The summed E-state index contributed by atoms with van der Waals surface area (Å²) >= 11 is 5.32. The summed E-state index contributed by atoms with van der Waals surface area (Å²) in [6.07, 6.45) is 0.680. The number of methoxy groups -OCH3 is 2.